The monoisotopic (exact) mass is 387 g/mol. The topological polar surface area (TPSA) is 144 Å². The molecule has 0 bridgehead atoms. The van der Waals surface area contributed by atoms with E-state index in [9.17, 15) is 19.5 Å². The molecule has 0 fully saturated rings. The van der Waals surface area contributed by atoms with Gasteiger partial charge in [0.15, 0.2) is 0 Å². The molecule has 0 aromatic heterocycles. The van der Waals surface area contributed by atoms with Crippen molar-refractivity contribution in [2.24, 2.45) is 5.11 Å². The third kappa shape index (κ3) is 3.02. The van der Waals surface area contributed by atoms with Gasteiger partial charge in [-0.3, -0.25) is 4.74 Å². The highest BCUT2D eigenvalue weighted by molar-refractivity contribution is 8.02. The van der Waals surface area contributed by atoms with Crippen LogP contribution in [0.5, 0.6) is 0 Å². The lowest BCUT2D eigenvalue weighted by Gasteiger charge is -2.48. The van der Waals surface area contributed by atoms with Crippen LogP contribution in [0, 0.1) is 11.0 Å². The molecule has 1 aromatic rings. The standard InChI is InChI=1S/C14H15F2N5O4S/c1-12(2)10(18-11(22)23)21(25)13(3,14(16,24)26-12)8-6-7(19-20-17)4-5-9(8)15/h4-6,18,24H,1-3H3,(H,22,23)/t13-,14-/m1/s1. The van der Waals surface area contributed by atoms with Crippen LogP contribution in [0.25, 0.3) is 10.4 Å². The molecule has 1 aliphatic heterocycles. The van der Waals surface area contributed by atoms with Crippen LogP contribution in [-0.2, 0) is 5.54 Å². The Morgan fingerprint density at radius 2 is 2.08 bits per heavy atom. The zero-order valence-corrected chi connectivity index (χ0v) is 14.7. The van der Waals surface area contributed by atoms with Crippen LogP contribution < -0.4 is 5.32 Å². The van der Waals surface area contributed by atoms with Crippen molar-refractivity contribution in [1.82, 2.24) is 5.32 Å². The van der Waals surface area contributed by atoms with Gasteiger partial charge in [0, 0.05) is 16.2 Å². The predicted octanol–water partition coefficient (Wildman–Crippen LogP) is 3.30. The van der Waals surface area contributed by atoms with E-state index in [2.05, 4.69) is 10.0 Å². The van der Waals surface area contributed by atoms with Crippen LogP contribution in [0.2, 0.25) is 0 Å². The third-order valence-corrected chi connectivity index (χ3v) is 5.40. The summed E-state index contributed by atoms with van der Waals surface area (Å²) in [6.07, 6.45) is -1.58. The van der Waals surface area contributed by atoms with Crippen molar-refractivity contribution in [2.45, 2.75) is 36.2 Å². The van der Waals surface area contributed by atoms with Crippen molar-refractivity contribution in [2.75, 3.05) is 0 Å². The van der Waals surface area contributed by atoms with Crippen LogP contribution in [-0.4, -0.2) is 36.8 Å². The first-order valence-corrected chi connectivity index (χ1v) is 8.00. The number of carboxylic acid groups (broad SMARTS) is 1. The number of carbonyl (C=O) groups is 1. The number of nitrogens with one attached hydrogen (secondary N) is 1. The van der Waals surface area contributed by atoms with Crippen LogP contribution in [0.3, 0.4) is 0 Å². The number of benzene rings is 1. The summed E-state index contributed by atoms with van der Waals surface area (Å²) in [7, 11) is 0. The fraction of sp³-hybridized carbons (Fsp3) is 0.429. The Kier molecular flexibility index (Phi) is 4.79. The van der Waals surface area contributed by atoms with Crippen LogP contribution in [0.15, 0.2) is 23.3 Å². The van der Waals surface area contributed by atoms with Gasteiger partial charge in [-0.05, 0) is 44.5 Å². The Bertz CT molecular complexity index is 854. The molecule has 2 atom stereocenters. The molecule has 9 nitrogen and oxygen atoms in total. The van der Waals surface area contributed by atoms with Gasteiger partial charge >= 0.3 is 11.3 Å². The molecule has 0 aliphatic carbocycles. The largest absolute Gasteiger partial charge is 0.714 e. The maximum absolute atomic E-state index is 15.2. The number of amidine groups is 1. The predicted molar refractivity (Wildman–Crippen MR) is 90.1 cm³/mol. The Morgan fingerprint density at radius 1 is 1.46 bits per heavy atom. The van der Waals surface area contributed by atoms with E-state index in [-0.39, 0.29) is 22.2 Å². The summed E-state index contributed by atoms with van der Waals surface area (Å²) in [5.74, 6) is -1.54. The zero-order chi connectivity index (χ0) is 19.9. The smallest absolute Gasteiger partial charge is 0.502 e. The van der Waals surface area contributed by atoms with Gasteiger partial charge in [-0.25, -0.2) is 4.39 Å². The van der Waals surface area contributed by atoms with Gasteiger partial charge in [-0.2, -0.15) is 14.5 Å². The van der Waals surface area contributed by atoms with E-state index in [1.165, 1.54) is 13.8 Å². The Hall–Kier alpha value is -2.56. The fourth-order valence-corrected chi connectivity index (χ4v) is 3.96. The minimum Gasteiger partial charge on any atom is -0.714 e. The molecule has 1 amide bonds. The lowest BCUT2D eigenvalue weighted by Crippen LogP contribution is -2.64. The molecule has 140 valence electrons. The number of hydrogen-bond donors (Lipinski definition) is 3. The van der Waals surface area contributed by atoms with Gasteiger partial charge in [0.25, 0.3) is 5.84 Å². The van der Waals surface area contributed by atoms with Gasteiger partial charge in [-0.15, -0.1) is 0 Å². The highest BCUT2D eigenvalue weighted by atomic mass is 32.2. The van der Waals surface area contributed by atoms with E-state index in [0.29, 0.717) is 0 Å². The molecule has 1 aromatic carbocycles. The van der Waals surface area contributed by atoms with E-state index < -0.39 is 38.8 Å². The maximum Gasteiger partial charge on any atom is 0.502 e. The van der Waals surface area contributed by atoms with Crippen molar-refractivity contribution in [3.8, 4) is 0 Å². The van der Waals surface area contributed by atoms with Crippen molar-refractivity contribution in [3.63, 3.8) is 0 Å². The Labute approximate surface area is 150 Å². The van der Waals surface area contributed by atoms with E-state index in [1.54, 1.807) is 0 Å². The second-order valence-electron chi connectivity index (χ2n) is 6.17. The van der Waals surface area contributed by atoms with Crippen molar-refractivity contribution >= 4 is 29.4 Å². The van der Waals surface area contributed by atoms with Gasteiger partial charge < -0.3 is 15.4 Å². The number of aliphatic hydroxyl groups is 1. The molecule has 0 unspecified atom stereocenters. The number of nitrogens with zero attached hydrogens (tertiary/aromatic N) is 4. The molecule has 0 saturated carbocycles. The summed E-state index contributed by atoms with van der Waals surface area (Å²) in [5, 5.41) is 34.1. The van der Waals surface area contributed by atoms with Crippen LogP contribution >= 0.6 is 11.8 Å². The summed E-state index contributed by atoms with van der Waals surface area (Å²) in [5.41, 5.74) is 5.22. The van der Waals surface area contributed by atoms with Crippen molar-refractivity contribution < 1.29 is 28.5 Å². The highest BCUT2D eigenvalue weighted by Crippen LogP contribution is 2.53. The summed E-state index contributed by atoms with van der Waals surface area (Å²) in [6, 6.07) is 2.87. The van der Waals surface area contributed by atoms with Crippen LogP contribution in [0.4, 0.5) is 19.3 Å². The van der Waals surface area contributed by atoms with Gasteiger partial charge in [-0.1, -0.05) is 16.9 Å². The van der Waals surface area contributed by atoms with Crippen molar-refractivity contribution in [1.29, 1.82) is 0 Å². The first-order valence-electron chi connectivity index (χ1n) is 7.18. The molecule has 0 radical (unpaired) electrons. The molecule has 0 saturated heterocycles. The van der Waals surface area contributed by atoms with E-state index in [0.717, 1.165) is 25.1 Å². The average Bonchev–Trinajstić information content (AvgIpc) is 2.50. The van der Waals surface area contributed by atoms with E-state index in [1.807, 2.05) is 5.32 Å². The summed E-state index contributed by atoms with van der Waals surface area (Å²) < 4.78 is 28.0. The van der Waals surface area contributed by atoms with Gasteiger partial charge in [0.2, 0.25) is 5.54 Å². The molecule has 1 heterocycles. The first-order chi connectivity index (χ1) is 11.9. The number of halogens is 2. The molecular formula is C14H15F2N5O4S. The van der Waals surface area contributed by atoms with Gasteiger partial charge in [0.05, 0.1) is 0 Å². The minimum absolute atomic E-state index is 0.101. The number of thioether (sulfide) groups is 1. The number of alkyl halides is 1. The molecule has 26 heavy (non-hydrogen) atoms. The van der Waals surface area contributed by atoms with E-state index >= 15 is 4.39 Å². The highest BCUT2D eigenvalue weighted by Gasteiger charge is 2.64. The Balaban J connectivity index is 2.84. The second kappa shape index (κ2) is 6.31. The third-order valence-electron chi connectivity index (χ3n) is 4.03. The summed E-state index contributed by atoms with van der Waals surface area (Å²) in [4.78, 5) is 13.6. The molecule has 1 aliphatic rings. The lowest BCUT2D eigenvalue weighted by atomic mass is 9.89. The summed E-state index contributed by atoms with van der Waals surface area (Å²) >= 11 is 0.244. The lowest BCUT2D eigenvalue weighted by molar-refractivity contribution is -0.588. The minimum atomic E-state index is -3.31. The normalized spacial score (nSPS) is 27.6. The maximum atomic E-state index is 15.2. The number of azide groups is 1. The van der Waals surface area contributed by atoms with Crippen LogP contribution in [0.1, 0.15) is 26.3 Å². The number of amides is 1. The van der Waals surface area contributed by atoms with Crippen molar-refractivity contribution in [3.05, 3.63) is 45.2 Å². The number of hydroxylamine groups is 1. The average molecular weight is 387 g/mol. The first kappa shape index (κ1) is 19.8. The molecular weight excluding hydrogens is 372 g/mol. The summed E-state index contributed by atoms with van der Waals surface area (Å²) in [6.45, 7) is 3.57. The quantitative estimate of drug-likeness (QED) is 0.234. The van der Waals surface area contributed by atoms with Gasteiger partial charge in [0.1, 0.15) is 10.6 Å². The second-order valence-corrected chi connectivity index (χ2v) is 7.94. The molecule has 2 rings (SSSR count). The zero-order valence-electron chi connectivity index (χ0n) is 13.9. The number of hydrogen-bond acceptors (Lipinski definition) is 5. The molecule has 0 spiro atoms. The Morgan fingerprint density at radius 3 is 2.62 bits per heavy atom. The fourth-order valence-electron chi connectivity index (χ4n) is 2.66. The molecule has 12 heteroatoms. The number of rotatable bonds is 2. The molecule has 3 N–H and O–H groups in total. The SMILES string of the molecule is CC1(C)S[C@@](O)(F)[C@@](C)(c2cc(N=[N+]=[N-])ccc2F)[N+]([O-])=C1NC(=O)O. The van der Waals surface area contributed by atoms with E-state index in [4.69, 9.17) is 10.6 Å².